The molecule has 0 N–H and O–H groups in total. The van der Waals surface area contributed by atoms with Gasteiger partial charge in [0.15, 0.2) is 0 Å². The van der Waals surface area contributed by atoms with E-state index in [1.165, 1.54) is 0 Å². The minimum absolute atomic E-state index is 0.341. The number of halogens is 3. The maximum Gasteiger partial charge on any atom is 0.253 e. The number of alkyl halides is 3. The molecule has 0 radical (unpaired) electrons. The Bertz CT molecular complexity index is 366. The molecular formula is C11H11Cl3O. The van der Waals surface area contributed by atoms with Crippen LogP contribution < -0.4 is 0 Å². The normalized spacial score (nSPS) is 11.9. The molecule has 82 valence electrons. The molecule has 0 atom stereocenters. The zero-order valence-corrected chi connectivity index (χ0v) is 10.7. The molecule has 0 spiro atoms. The van der Waals surface area contributed by atoms with Gasteiger partial charge in [-0.15, -0.1) is 0 Å². The van der Waals surface area contributed by atoms with Crippen molar-refractivity contribution in [3.8, 4) is 0 Å². The molecule has 1 rings (SSSR count). The van der Waals surface area contributed by atoms with E-state index in [-0.39, 0.29) is 0 Å². The van der Waals surface area contributed by atoms with E-state index in [1.807, 2.05) is 19.9 Å². The second-order valence-electron chi connectivity index (χ2n) is 3.61. The van der Waals surface area contributed by atoms with Gasteiger partial charge in [0, 0.05) is 5.56 Å². The number of carbonyl (C=O) groups is 1. The van der Waals surface area contributed by atoms with E-state index in [9.17, 15) is 4.79 Å². The molecule has 0 bridgehead atoms. The number of Topliss-reactive ketones (excluding diaryl/α,β-unsaturated/α-hetero) is 1. The zero-order valence-electron chi connectivity index (χ0n) is 8.43. The number of ketones is 1. The Morgan fingerprint density at radius 2 is 1.87 bits per heavy atom. The van der Waals surface area contributed by atoms with Crippen LogP contribution in [0.15, 0.2) is 24.3 Å². The van der Waals surface area contributed by atoms with Gasteiger partial charge in [-0.25, -0.2) is 0 Å². The molecule has 1 aromatic rings. The maximum absolute atomic E-state index is 11.6. The molecule has 0 saturated heterocycles. The van der Waals surface area contributed by atoms with Crippen LogP contribution in [0.25, 0.3) is 0 Å². The van der Waals surface area contributed by atoms with Crippen molar-refractivity contribution in [1.82, 2.24) is 0 Å². The molecule has 0 fully saturated rings. The first-order chi connectivity index (χ1) is 6.82. The molecule has 0 unspecified atom stereocenters. The molecule has 0 heterocycles. The molecule has 0 aliphatic carbocycles. The molecule has 0 saturated carbocycles. The van der Waals surface area contributed by atoms with Gasteiger partial charge in [0.05, 0.1) is 0 Å². The van der Waals surface area contributed by atoms with Crippen molar-refractivity contribution in [2.75, 3.05) is 0 Å². The van der Waals surface area contributed by atoms with E-state index in [0.717, 1.165) is 5.56 Å². The van der Waals surface area contributed by atoms with Crippen LogP contribution >= 0.6 is 34.8 Å². The largest absolute Gasteiger partial charge is 0.289 e. The Labute approximate surface area is 104 Å². The smallest absolute Gasteiger partial charge is 0.253 e. The van der Waals surface area contributed by atoms with Gasteiger partial charge in [0.2, 0.25) is 5.78 Å². The molecule has 0 aromatic heterocycles. The standard InChI is InChI=1S/C11H11Cl3O/c1-7(2)8-4-3-5-9(6-8)10(15)11(12,13)14/h3-7H,1-2H3. The van der Waals surface area contributed by atoms with E-state index in [1.54, 1.807) is 18.2 Å². The second kappa shape index (κ2) is 4.73. The lowest BCUT2D eigenvalue weighted by Crippen LogP contribution is -2.19. The average Bonchev–Trinajstić information content (AvgIpc) is 2.15. The molecular weight excluding hydrogens is 254 g/mol. The maximum atomic E-state index is 11.6. The van der Waals surface area contributed by atoms with Gasteiger partial charge in [-0.2, -0.15) is 0 Å². The van der Waals surface area contributed by atoms with E-state index < -0.39 is 9.58 Å². The summed E-state index contributed by atoms with van der Waals surface area (Å²) < 4.78 is -1.88. The molecule has 0 aliphatic heterocycles. The van der Waals surface area contributed by atoms with Crippen molar-refractivity contribution in [2.45, 2.75) is 23.6 Å². The number of hydrogen-bond donors (Lipinski definition) is 0. The Hall–Kier alpha value is -0.240. The summed E-state index contributed by atoms with van der Waals surface area (Å²) in [4.78, 5) is 11.6. The fraction of sp³-hybridized carbons (Fsp3) is 0.364. The van der Waals surface area contributed by atoms with Crippen LogP contribution in [0.1, 0.15) is 35.7 Å². The van der Waals surface area contributed by atoms with Crippen LogP contribution in [0.3, 0.4) is 0 Å². The van der Waals surface area contributed by atoms with Crippen LogP contribution in [-0.2, 0) is 0 Å². The highest BCUT2D eigenvalue weighted by atomic mass is 35.6. The van der Waals surface area contributed by atoms with Gasteiger partial charge >= 0.3 is 0 Å². The summed E-state index contributed by atoms with van der Waals surface area (Å²) >= 11 is 16.6. The van der Waals surface area contributed by atoms with Crippen molar-refractivity contribution in [2.24, 2.45) is 0 Å². The number of carbonyl (C=O) groups excluding carboxylic acids is 1. The zero-order chi connectivity index (χ0) is 11.6. The molecule has 15 heavy (non-hydrogen) atoms. The molecule has 0 amide bonds. The van der Waals surface area contributed by atoms with Gasteiger partial charge in [-0.1, -0.05) is 66.8 Å². The Morgan fingerprint density at radius 1 is 1.27 bits per heavy atom. The first kappa shape index (κ1) is 12.8. The van der Waals surface area contributed by atoms with Gasteiger partial charge in [-0.05, 0) is 17.5 Å². The number of benzene rings is 1. The predicted molar refractivity (Wildman–Crippen MR) is 65.2 cm³/mol. The highest BCUT2D eigenvalue weighted by molar-refractivity contribution is 6.77. The summed E-state index contributed by atoms with van der Waals surface area (Å²) in [5.41, 5.74) is 1.48. The van der Waals surface area contributed by atoms with Gasteiger partial charge in [0.1, 0.15) is 0 Å². The third kappa shape index (κ3) is 3.37. The molecule has 1 aromatic carbocycles. The number of hydrogen-bond acceptors (Lipinski definition) is 1. The Balaban J connectivity index is 3.06. The molecule has 1 nitrogen and oxygen atoms in total. The third-order valence-corrected chi connectivity index (χ3v) is 2.59. The second-order valence-corrected chi connectivity index (χ2v) is 5.89. The van der Waals surface area contributed by atoms with Gasteiger partial charge in [0.25, 0.3) is 3.79 Å². The minimum Gasteiger partial charge on any atom is -0.289 e. The predicted octanol–water partition coefficient (Wildman–Crippen LogP) is 4.36. The van der Waals surface area contributed by atoms with Crippen molar-refractivity contribution < 1.29 is 4.79 Å². The first-order valence-electron chi connectivity index (χ1n) is 4.54. The van der Waals surface area contributed by atoms with Crippen molar-refractivity contribution in [3.05, 3.63) is 35.4 Å². The summed E-state index contributed by atoms with van der Waals surface area (Å²) in [6.07, 6.45) is 0. The minimum atomic E-state index is -1.88. The number of rotatable bonds is 2. The Kier molecular flexibility index (Phi) is 4.05. The van der Waals surface area contributed by atoms with Crippen LogP contribution in [0, 0.1) is 0 Å². The average molecular weight is 266 g/mol. The van der Waals surface area contributed by atoms with E-state index in [2.05, 4.69) is 0 Å². The SMILES string of the molecule is CC(C)c1cccc(C(=O)C(Cl)(Cl)Cl)c1. The highest BCUT2D eigenvalue weighted by Crippen LogP contribution is 2.31. The summed E-state index contributed by atoms with van der Waals surface area (Å²) in [6, 6.07) is 7.14. The van der Waals surface area contributed by atoms with E-state index in [4.69, 9.17) is 34.8 Å². The fourth-order valence-corrected chi connectivity index (χ4v) is 1.53. The monoisotopic (exact) mass is 264 g/mol. The topological polar surface area (TPSA) is 17.1 Å². The van der Waals surface area contributed by atoms with Gasteiger partial charge < -0.3 is 0 Å². The quantitative estimate of drug-likeness (QED) is 0.573. The highest BCUT2D eigenvalue weighted by Gasteiger charge is 2.31. The van der Waals surface area contributed by atoms with E-state index >= 15 is 0 Å². The lowest BCUT2D eigenvalue weighted by Gasteiger charge is -2.11. The van der Waals surface area contributed by atoms with Gasteiger partial charge in [-0.3, -0.25) is 4.79 Å². The fourth-order valence-electron chi connectivity index (χ4n) is 1.20. The van der Waals surface area contributed by atoms with E-state index in [0.29, 0.717) is 11.5 Å². The van der Waals surface area contributed by atoms with Crippen molar-refractivity contribution in [3.63, 3.8) is 0 Å². The summed E-state index contributed by atoms with van der Waals surface area (Å²) in [6.45, 7) is 4.08. The summed E-state index contributed by atoms with van der Waals surface area (Å²) in [5.74, 6) is -0.150. The lowest BCUT2D eigenvalue weighted by molar-refractivity contribution is 0.0996. The van der Waals surface area contributed by atoms with Crippen LogP contribution in [-0.4, -0.2) is 9.58 Å². The first-order valence-corrected chi connectivity index (χ1v) is 5.67. The Morgan fingerprint density at radius 3 is 2.33 bits per heavy atom. The van der Waals surface area contributed by atoms with Crippen LogP contribution in [0.5, 0.6) is 0 Å². The molecule has 4 heteroatoms. The van der Waals surface area contributed by atoms with Crippen LogP contribution in [0.4, 0.5) is 0 Å². The third-order valence-electron chi connectivity index (χ3n) is 2.07. The summed E-state index contributed by atoms with van der Waals surface area (Å²) in [5, 5.41) is 0. The van der Waals surface area contributed by atoms with Crippen molar-refractivity contribution in [1.29, 1.82) is 0 Å². The summed E-state index contributed by atoms with van der Waals surface area (Å²) in [7, 11) is 0. The van der Waals surface area contributed by atoms with Crippen LogP contribution in [0.2, 0.25) is 0 Å². The van der Waals surface area contributed by atoms with Crippen molar-refractivity contribution >= 4 is 40.6 Å². The lowest BCUT2D eigenvalue weighted by atomic mass is 10.00. The molecule has 0 aliphatic rings.